The Bertz CT molecular complexity index is 534. The average Bonchev–Trinajstić information content (AvgIpc) is 2.61. The molecule has 4 nitrogen and oxygen atoms in total. The Kier molecular flexibility index (Phi) is 2.25. The molecule has 0 saturated carbocycles. The number of aromatic amines is 1. The summed E-state index contributed by atoms with van der Waals surface area (Å²) in [5.74, 6) is 0. The number of hydrogen-bond acceptors (Lipinski definition) is 2. The van der Waals surface area contributed by atoms with Gasteiger partial charge in [-0.3, -0.25) is 4.52 Å². The monoisotopic (exact) mass is 203 g/mol. The molecule has 0 bridgehead atoms. The number of aromatic nitrogens is 2. The maximum Gasteiger partial charge on any atom is 0.435 e. The van der Waals surface area contributed by atoms with Gasteiger partial charge in [-0.1, -0.05) is 24.3 Å². The summed E-state index contributed by atoms with van der Waals surface area (Å²) in [6.45, 7) is 5.57. The molecule has 1 aromatic heterocycles. The third-order valence-electron chi connectivity index (χ3n) is 2.17. The largest absolute Gasteiger partial charge is 0.435 e. The first kappa shape index (κ1) is 9.45. The Morgan fingerprint density at radius 1 is 1.40 bits per heavy atom. The first-order chi connectivity index (χ1) is 7.22. The lowest BCUT2D eigenvalue weighted by Gasteiger charge is -1.91. The first-order valence-corrected chi connectivity index (χ1v) is 4.55. The SMILES string of the molecule is C=Cc1c(=O)o[nH][n+]1-c1ccc(C)cc1. The molecule has 4 heteroatoms. The zero-order valence-corrected chi connectivity index (χ0v) is 8.36. The molecule has 1 aromatic carbocycles. The molecule has 1 N–H and O–H groups in total. The summed E-state index contributed by atoms with van der Waals surface area (Å²) in [4.78, 5) is 11.2. The summed E-state index contributed by atoms with van der Waals surface area (Å²) in [5.41, 5.74) is 1.95. The number of hydrogen-bond donors (Lipinski definition) is 1. The van der Waals surface area contributed by atoms with Crippen molar-refractivity contribution in [3.63, 3.8) is 0 Å². The highest BCUT2D eigenvalue weighted by molar-refractivity contribution is 5.37. The minimum Gasteiger partial charge on any atom is -0.282 e. The van der Waals surface area contributed by atoms with E-state index >= 15 is 0 Å². The molecule has 0 atom stereocenters. The molecule has 0 aliphatic rings. The van der Waals surface area contributed by atoms with Crippen molar-refractivity contribution in [2.24, 2.45) is 0 Å². The van der Waals surface area contributed by atoms with Crippen molar-refractivity contribution in [3.8, 4) is 5.69 Å². The number of H-pyrrole nitrogens is 1. The highest BCUT2D eigenvalue weighted by Gasteiger charge is 2.19. The maximum atomic E-state index is 11.2. The van der Waals surface area contributed by atoms with E-state index in [0.29, 0.717) is 5.69 Å². The fourth-order valence-electron chi connectivity index (χ4n) is 1.34. The van der Waals surface area contributed by atoms with Crippen molar-refractivity contribution in [2.75, 3.05) is 0 Å². The molecular formula is C11H11N2O2+. The molecule has 0 aliphatic heterocycles. The molecule has 0 fully saturated rings. The van der Waals surface area contributed by atoms with Gasteiger partial charge in [-0.2, -0.15) is 0 Å². The van der Waals surface area contributed by atoms with E-state index in [-0.39, 0.29) is 0 Å². The Hall–Kier alpha value is -2.10. The Morgan fingerprint density at radius 3 is 2.67 bits per heavy atom. The van der Waals surface area contributed by atoms with Crippen LogP contribution >= 0.6 is 0 Å². The number of aryl methyl sites for hydroxylation is 1. The highest BCUT2D eigenvalue weighted by atomic mass is 16.5. The fraction of sp³-hybridized carbons (Fsp3) is 0.0909. The molecule has 0 spiro atoms. The quantitative estimate of drug-likeness (QED) is 0.745. The van der Waals surface area contributed by atoms with Crippen LogP contribution in [0.25, 0.3) is 11.8 Å². The van der Waals surface area contributed by atoms with Gasteiger partial charge in [0.05, 0.1) is 0 Å². The van der Waals surface area contributed by atoms with E-state index in [2.05, 4.69) is 16.4 Å². The maximum absolute atomic E-state index is 11.2. The van der Waals surface area contributed by atoms with E-state index in [1.54, 1.807) is 4.68 Å². The van der Waals surface area contributed by atoms with Gasteiger partial charge in [0, 0.05) is 18.2 Å². The van der Waals surface area contributed by atoms with Crippen molar-refractivity contribution in [1.82, 2.24) is 5.27 Å². The average molecular weight is 203 g/mol. The van der Waals surface area contributed by atoms with E-state index in [1.807, 2.05) is 31.2 Å². The standard InChI is InChI=1S/C11H10N2O2/c1-3-10-11(14)15-12-13(10)9-6-4-8(2)5-7-9/h3-7H,1H2,2H3/p+1. The van der Waals surface area contributed by atoms with Gasteiger partial charge in [-0.15, -0.1) is 0 Å². The Labute approximate surface area is 86.4 Å². The molecule has 2 aromatic rings. The predicted molar refractivity (Wildman–Crippen MR) is 55.7 cm³/mol. The lowest BCUT2D eigenvalue weighted by molar-refractivity contribution is -0.672. The zero-order valence-electron chi connectivity index (χ0n) is 8.36. The molecule has 0 aliphatic carbocycles. The van der Waals surface area contributed by atoms with Crippen LogP contribution in [0, 0.1) is 6.92 Å². The second-order valence-corrected chi connectivity index (χ2v) is 3.24. The van der Waals surface area contributed by atoms with E-state index in [0.717, 1.165) is 11.3 Å². The van der Waals surface area contributed by atoms with Gasteiger partial charge in [0.2, 0.25) is 5.69 Å². The van der Waals surface area contributed by atoms with Crippen molar-refractivity contribution in [1.29, 1.82) is 0 Å². The summed E-state index contributed by atoms with van der Waals surface area (Å²) in [6.07, 6.45) is 1.46. The third kappa shape index (κ3) is 1.61. The van der Waals surface area contributed by atoms with Gasteiger partial charge < -0.3 is 0 Å². The van der Waals surface area contributed by atoms with Gasteiger partial charge in [-0.25, -0.2) is 4.79 Å². The Balaban J connectivity index is 2.58. The van der Waals surface area contributed by atoms with Crippen LogP contribution in [0.3, 0.4) is 0 Å². The topological polar surface area (TPSA) is 49.9 Å². The van der Waals surface area contributed by atoms with Gasteiger partial charge in [-0.05, 0) is 16.9 Å². The van der Waals surface area contributed by atoms with Gasteiger partial charge in [0.25, 0.3) is 0 Å². The summed E-state index contributed by atoms with van der Waals surface area (Å²) < 4.78 is 6.23. The van der Waals surface area contributed by atoms with E-state index < -0.39 is 5.63 Å². The van der Waals surface area contributed by atoms with Crippen molar-refractivity contribution >= 4 is 6.08 Å². The second-order valence-electron chi connectivity index (χ2n) is 3.24. The Morgan fingerprint density at radius 2 is 2.07 bits per heavy atom. The van der Waals surface area contributed by atoms with Crippen LogP contribution in [0.15, 0.2) is 40.2 Å². The van der Waals surface area contributed by atoms with Crippen LogP contribution in [0.1, 0.15) is 11.3 Å². The van der Waals surface area contributed by atoms with Crippen LogP contribution < -0.4 is 10.3 Å². The number of nitrogens with zero attached hydrogens (tertiary/aromatic N) is 1. The lowest BCUT2D eigenvalue weighted by atomic mass is 10.2. The molecule has 1 heterocycles. The summed E-state index contributed by atoms with van der Waals surface area (Å²) in [5, 5.41) is 2.52. The van der Waals surface area contributed by atoms with Crippen LogP contribution in [-0.2, 0) is 0 Å². The van der Waals surface area contributed by atoms with Gasteiger partial charge >= 0.3 is 11.3 Å². The van der Waals surface area contributed by atoms with Crippen molar-refractivity contribution in [3.05, 3.63) is 52.5 Å². The minimum atomic E-state index is -0.425. The first-order valence-electron chi connectivity index (χ1n) is 4.55. The van der Waals surface area contributed by atoms with Crippen LogP contribution in [0.5, 0.6) is 0 Å². The van der Waals surface area contributed by atoms with E-state index in [1.165, 1.54) is 6.08 Å². The molecular weight excluding hydrogens is 192 g/mol. The molecule has 15 heavy (non-hydrogen) atoms. The van der Waals surface area contributed by atoms with Crippen molar-refractivity contribution in [2.45, 2.75) is 6.92 Å². The summed E-state index contributed by atoms with van der Waals surface area (Å²) in [7, 11) is 0. The summed E-state index contributed by atoms with van der Waals surface area (Å²) >= 11 is 0. The van der Waals surface area contributed by atoms with E-state index in [4.69, 9.17) is 0 Å². The normalized spacial score (nSPS) is 10.2. The molecule has 0 saturated heterocycles. The molecule has 0 amide bonds. The van der Waals surface area contributed by atoms with Gasteiger partial charge in [0.15, 0.2) is 0 Å². The molecule has 76 valence electrons. The van der Waals surface area contributed by atoms with E-state index in [9.17, 15) is 4.79 Å². The minimum absolute atomic E-state index is 0.388. The van der Waals surface area contributed by atoms with Crippen LogP contribution in [0.2, 0.25) is 0 Å². The predicted octanol–water partition coefficient (Wildman–Crippen LogP) is 1.20. The van der Waals surface area contributed by atoms with Crippen LogP contribution in [0.4, 0.5) is 0 Å². The zero-order chi connectivity index (χ0) is 10.8. The third-order valence-corrected chi connectivity index (χ3v) is 2.17. The fourth-order valence-corrected chi connectivity index (χ4v) is 1.34. The number of benzene rings is 1. The smallest absolute Gasteiger partial charge is 0.282 e. The lowest BCUT2D eigenvalue weighted by Crippen LogP contribution is -2.36. The molecule has 0 unspecified atom stereocenters. The summed E-state index contributed by atoms with van der Waals surface area (Å²) in [6, 6.07) is 7.71. The molecule has 0 radical (unpaired) electrons. The van der Waals surface area contributed by atoms with Crippen LogP contribution in [-0.4, -0.2) is 5.27 Å². The number of nitrogens with one attached hydrogen (secondary N) is 1. The second kappa shape index (κ2) is 3.57. The number of rotatable bonds is 2. The van der Waals surface area contributed by atoms with Crippen molar-refractivity contribution < 1.29 is 9.20 Å². The molecule has 2 rings (SSSR count). The van der Waals surface area contributed by atoms with Gasteiger partial charge in [0.1, 0.15) is 0 Å². The highest BCUT2D eigenvalue weighted by Crippen LogP contribution is 2.02.